The van der Waals surface area contributed by atoms with Gasteiger partial charge in [-0.25, -0.2) is 4.79 Å². The van der Waals surface area contributed by atoms with E-state index in [1.165, 1.54) is 0 Å². The van der Waals surface area contributed by atoms with Gasteiger partial charge in [0.25, 0.3) is 0 Å². The number of carbonyl (C=O) groups is 2. The van der Waals surface area contributed by atoms with Gasteiger partial charge >= 0.3 is 6.03 Å². The molecular formula is C9H20N4O3. The quantitative estimate of drug-likeness (QED) is 0.382. The van der Waals surface area contributed by atoms with E-state index in [0.29, 0.717) is 32.5 Å². The van der Waals surface area contributed by atoms with Crippen LogP contribution in [-0.4, -0.2) is 44.8 Å². The van der Waals surface area contributed by atoms with E-state index < -0.39 is 12.1 Å². The van der Waals surface area contributed by atoms with Gasteiger partial charge in [-0.05, 0) is 12.8 Å². The number of hydrogen-bond donors (Lipinski definition) is 4. The first kappa shape index (κ1) is 14.7. The van der Waals surface area contributed by atoms with Crippen molar-refractivity contribution < 1.29 is 14.3 Å². The van der Waals surface area contributed by atoms with E-state index in [4.69, 9.17) is 16.2 Å². The highest BCUT2D eigenvalue weighted by atomic mass is 16.5. The molecule has 6 N–H and O–H groups in total. The number of methoxy groups -OCH3 is 1. The van der Waals surface area contributed by atoms with Crippen LogP contribution in [0.4, 0.5) is 4.79 Å². The molecule has 7 heteroatoms. The van der Waals surface area contributed by atoms with Crippen LogP contribution >= 0.6 is 0 Å². The number of primary amides is 1. The Bertz CT molecular complexity index is 223. The summed E-state index contributed by atoms with van der Waals surface area (Å²) in [5.41, 5.74) is 10.5. The van der Waals surface area contributed by atoms with Crippen molar-refractivity contribution in [2.75, 3.05) is 26.8 Å². The molecule has 0 aromatic heterocycles. The summed E-state index contributed by atoms with van der Waals surface area (Å²) in [4.78, 5) is 21.7. The number of hydrogen-bond acceptors (Lipinski definition) is 4. The Balaban J connectivity index is 3.51. The van der Waals surface area contributed by atoms with Crippen LogP contribution in [0.1, 0.15) is 12.8 Å². The van der Waals surface area contributed by atoms with Crippen LogP contribution in [0.5, 0.6) is 0 Å². The Morgan fingerprint density at radius 1 is 1.31 bits per heavy atom. The van der Waals surface area contributed by atoms with Gasteiger partial charge in [0.1, 0.15) is 0 Å². The zero-order valence-corrected chi connectivity index (χ0v) is 9.49. The van der Waals surface area contributed by atoms with Gasteiger partial charge < -0.3 is 26.8 Å². The maximum Gasteiger partial charge on any atom is 0.312 e. The van der Waals surface area contributed by atoms with Crippen molar-refractivity contribution in [3.63, 3.8) is 0 Å². The van der Waals surface area contributed by atoms with Crippen molar-refractivity contribution in [2.24, 2.45) is 11.5 Å². The molecule has 0 aromatic rings. The molecular weight excluding hydrogens is 212 g/mol. The SMILES string of the molecule is COCCNC(=O)C(N)CCCNC(N)=O. The second-order valence-electron chi connectivity index (χ2n) is 3.32. The number of carbonyl (C=O) groups excluding carboxylic acids is 2. The molecule has 3 amide bonds. The number of rotatable bonds is 8. The zero-order chi connectivity index (χ0) is 12.4. The number of urea groups is 1. The summed E-state index contributed by atoms with van der Waals surface area (Å²) in [5.74, 6) is -0.212. The maximum atomic E-state index is 11.3. The minimum absolute atomic E-state index is 0.212. The Morgan fingerprint density at radius 2 is 2.00 bits per heavy atom. The Morgan fingerprint density at radius 3 is 2.56 bits per heavy atom. The molecule has 0 aliphatic heterocycles. The van der Waals surface area contributed by atoms with E-state index in [0.717, 1.165) is 0 Å². The Hall–Kier alpha value is -1.34. The molecule has 0 bridgehead atoms. The third-order valence-corrected chi connectivity index (χ3v) is 1.93. The summed E-state index contributed by atoms with van der Waals surface area (Å²) in [6, 6.07) is -1.13. The molecule has 16 heavy (non-hydrogen) atoms. The average molecular weight is 232 g/mol. The van der Waals surface area contributed by atoms with Crippen molar-refractivity contribution in [1.82, 2.24) is 10.6 Å². The van der Waals surface area contributed by atoms with E-state index in [9.17, 15) is 9.59 Å². The highest BCUT2D eigenvalue weighted by Gasteiger charge is 2.11. The van der Waals surface area contributed by atoms with Crippen molar-refractivity contribution in [3.05, 3.63) is 0 Å². The third kappa shape index (κ3) is 8.01. The predicted molar refractivity (Wildman–Crippen MR) is 59.7 cm³/mol. The molecule has 1 atom stereocenters. The molecule has 94 valence electrons. The molecule has 0 saturated carbocycles. The van der Waals surface area contributed by atoms with Crippen LogP contribution < -0.4 is 22.1 Å². The first-order chi connectivity index (χ1) is 7.57. The minimum Gasteiger partial charge on any atom is -0.383 e. The van der Waals surface area contributed by atoms with E-state index in [-0.39, 0.29) is 5.91 Å². The zero-order valence-electron chi connectivity index (χ0n) is 9.49. The second kappa shape index (κ2) is 8.93. The molecule has 0 saturated heterocycles. The molecule has 0 aliphatic rings. The largest absolute Gasteiger partial charge is 0.383 e. The molecule has 0 rings (SSSR count). The highest BCUT2D eigenvalue weighted by molar-refractivity contribution is 5.81. The van der Waals surface area contributed by atoms with E-state index >= 15 is 0 Å². The molecule has 0 spiro atoms. The summed E-state index contributed by atoms with van der Waals surface area (Å²) in [6.45, 7) is 1.33. The number of ether oxygens (including phenoxy) is 1. The topological polar surface area (TPSA) is 119 Å². The van der Waals surface area contributed by atoms with Gasteiger partial charge in [-0.3, -0.25) is 4.79 Å². The van der Waals surface area contributed by atoms with Gasteiger partial charge in [-0.2, -0.15) is 0 Å². The lowest BCUT2D eigenvalue weighted by molar-refractivity contribution is -0.122. The maximum absolute atomic E-state index is 11.3. The van der Waals surface area contributed by atoms with Crippen LogP contribution in [-0.2, 0) is 9.53 Å². The van der Waals surface area contributed by atoms with Crippen molar-refractivity contribution >= 4 is 11.9 Å². The molecule has 0 aliphatic carbocycles. The van der Waals surface area contributed by atoms with Crippen LogP contribution in [0.25, 0.3) is 0 Å². The molecule has 7 nitrogen and oxygen atoms in total. The summed E-state index contributed by atoms with van der Waals surface area (Å²) >= 11 is 0. The van der Waals surface area contributed by atoms with Gasteiger partial charge in [-0.15, -0.1) is 0 Å². The number of nitrogens with two attached hydrogens (primary N) is 2. The highest BCUT2D eigenvalue weighted by Crippen LogP contribution is 1.93. The van der Waals surface area contributed by atoms with E-state index in [2.05, 4.69) is 10.6 Å². The van der Waals surface area contributed by atoms with Gasteiger partial charge in [0, 0.05) is 20.2 Å². The summed E-state index contributed by atoms with van der Waals surface area (Å²) < 4.78 is 4.78. The lowest BCUT2D eigenvalue weighted by Gasteiger charge is -2.11. The smallest absolute Gasteiger partial charge is 0.312 e. The van der Waals surface area contributed by atoms with E-state index in [1.54, 1.807) is 7.11 Å². The lowest BCUT2D eigenvalue weighted by Crippen LogP contribution is -2.42. The number of amides is 3. The van der Waals surface area contributed by atoms with Gasteiger partial charge in [0.05, 0.1) is 12.6 Å². The van der Waals surface area contributed by atoms with Crippen LogP contribution in [0.2, 0.25) is 0 Å². The standard InChI is InChI=1S/C9H20N4O3/c1-16-6-5-12-8(14)7(10)3-2-4-13-9(11)15/h7H,2-6,10H2,1H3,(H,12,14)(H3,11,13,15). The molecule has 0 fully saturated rings. The van der Waals surface area contributed by atoms with Gasteiger partial charge in [0.2, 0.25) is 5.91 Å². The van der Waals surface area contributed by atoms with Crippen LogP contribution in [0.3, 0.4) is 0 Å². The molecule has 0 aromatic carbocycles. The summed E-state index contributed by atoms with van der Waals surface area (Å²) in [6.07, 6.45) is 1.11. The van der Waals surface area contributed by atoms with Gasteiger partial charge in [0.15, 0.2) is 0 Å². The first-order valence-corrected chi connectivity index (χ1v) is 5.13. The van der Waals surface area contributed by atoms with Crippen LogP contribution in [0.15, 0.2) is 0 Å². The van der Waals surface area contributed by atoms with Crippen molar-refractivity contribution in [3.8, 4) is 0 Å². The molecule has 0 heterocycles. The fourth-order valence-corrected chi connectivity index (χ4v) is 1.07. The monoisotopic (exact) mass is 232 g/mol. The number of nitrogens with one attached hydrogen (secondary N) is 2. The average Bonchev–Trinajstić information content (AvgIpc) is 2.24. The molecule has 1 unspecified atom stereocenters. The lowest BCUT2D eigenvalue weighted by atomic mass is 10.1. The third-order valence-electron chi connectivity index (χ3n) is 1.93. The van der Waals surface area contributed by atoms with Crippen molar-refractivity contribution in [1.29, 1.82) is 0 Å². The summed E-state index contributed by atoms with van der Waals surface area (Å²) in [5, 5.41) is 5.06. The Labute approximate surface area is 94.9 Å². The first-order valence-electron chi connectivity index (χ1n) is 5.13. The second-order valence-corrected chi connectivity index (χ2v) is 3.32. The molecule has 0 radical (unpaired) electrons. The van der Waals surface area contributed by atoms with Crippen LogP contribution in [0, 0.1) is 0 Å². The Kier molecular flexibility index (Phi) is 8.18. The summed E-state index contributed by atoms with van der Waals surface area (Å²) in [7, 11) is 1.56. The van der Waals surface area contributed by atoms with E-state index in [1.807, 2.05) is 0 Å². The predicted octanol–water partition coefficient (Wildman–Crippen LogP) is -1.48. The normalized spacial score (nSPS) is 11.9. The fraction of sp³-hybridized carbons (Fsp3) is 0.778. The minimum atomic E-state index is -0.571. The van der Waals surface area contributed by atoms with Crippen molar-refractivity contribution in [2.45, 2.75) is 18.9 Å². The van der Waals surface area contributed by atoms with Gasteiger partial charge in [-0.1, -0.05) is 0 Å². The fourth-order valence-electron chi connectivity index (χ4n) is 1.07.